The molecule has 15 heavy (non-hydrogen) atoms. The van der Waals surface area contributed by atoms with E-state index >= 15 is 0 Å². The van der Waals surface area contributed by atoms with E-state index in [-0.39, 0.29) is 24.9 Å². The molecule has 1 unspecified atom stereocenters. The van der Waals surface area contributed by atoms with Gasteiger partial charge in [-0.3, -0.25) is 4.79 Å². The lowest BCUT2D eigenvalue weighted by molar-refractivity contribution is -0.142. The van der Waals surface area contributed by atoms with Crippen LogP contribution in [0.1, 0.15) is 11.5 Å². The van der Waals surface area contributed by atoms with E-state index in [9.17, 15) is 4.79 Å². The molecule has 0 aliphatic heterocycles. The van der Waals surface area contributed by atoms with Crippen LogP contribution in [0.5, 0.6) is 0 Å². The summed E-state index contributed by atoms with van der Waals surface area (Å²) >= 11 is 5.94. The highest BCUT2D eigenvalue weighted by atomic mass is 35.5. The molecule has 3 nitrogen and oxygen atoms in total. The Hall–Kier alpha value is -0.770. The summed E-state index contributed by atoms with van der Waals surface area (Å²) in [5.74, 6) is -0.839. The summed E-state index contributed by atoms with van der Waals surface area (Å²) in [4.78, 5) is 11.3. The molecule has 0 spiro atoms. The van der Waals surface area contributed by atoms with Crippen LogP contribution in [-0.2, 0) is 9.53 Å². The van der Waals surface area contributed by atoms with E-state index in [1.165, 1.54) is 7.11 Å². The number of carbonyl (C=O) groups is 1. The normalized spacial score (nSPS) is 11.4. The number of benzene rings is 1. The molecule has 0 aliphatic carbocycles. The SMILES string of the molecule is COC(=O)C(CN)c1ccccc1Cl.Cl. The molecule has 0 aromatic heterocycles. The van der Waals surface area contributed by atoms with Gasteiger partial charge in [-0.25, -0.2) is 0 Å². The highest BCUT2D eigenvalue weighted by Gasteiger charge is 2.21. The van der Waals surface area contributed by atoms with Crippen molar-refractivity contribution in [3.8, 4) is 0 Å². The van der Waals surface area contributed by atoms with E-state index in [2.05, 4.69) is 4.74 Å². The van der Waals surface area contributed by atoms with Gasteiger partial charge in [-0.2, -0.15) is 0 Å². The summed E-state index contributed by atoms with van der Waals surface area (Å²) in [5.41, 5.74) is 6.20. The molecular formula is C10H13Cl2NO2. The van der Waals surface area contributed by atoms with Gasteiger partial charge < -0.3 is 10.5 Å². The molecule has 0 amide bonds. The summed E-state index contributed by atoms with van der Waals surface area (Å²) in [6.45, 7) is 0.191. The number of halogens is 2. The number of nitrogens with two attached hydrogens (primary N) is 1. The second-order valence-corrected chi connectivity index (χ2v) is 3.24. The van der Waals surface area contributed by atoms with Crippen molar-refractivity contribution in [2.75, 3.05) is 13.7 Å². The fourth-order valence-corrected chi connectivity index (χ4v) is 1.52. The maximum atomic E-state index is 11.3. The van der Waals surface area contributed by atoms with E-state index in [4.69, 9.17) is 17.3 Å². The number of carbonyl (C=O) groups excluding carboxylic acids is 1. The molecule has 0 fully saturated rings. The summed E-state index contributed by atoms with van der Waals surface area (Å²) in [6, 6.07) is 7.11. The Balaban J connectivity index is 0.00000196. The van der Waals surface area contributed by atoms with Crippen LogP contribution in [0.2, 0.25) is 5.02 Å². The number of rotatable bonds is 3. The van der Waals surface area contributed by atoms with Crippen molar-refractivity contribution in [1.29, 1.82) is 0 Å². The largest absolute Gasteiger partial charge is 0.469 e. The number of esters is 1. The van der Waals surface area contributed by atoms with E-state index in [1.807, 2.05) is 6.07 Å². The lowest BCUT2D eigenvalue weighted by Crippen LogP contribution is -2.23. The van der Waals surface area contributed by atoms with Gasteiger partial charge in [0.1, 0.15) is 0 Å². The highest BCUT2D eigenvalue weighted by Crippen LogP contribution is 2.24. The van der Waals surface area contributed by atoms with Crippen molar-refractivity contribution in [2.24, 2.45) is 5.73 Å². The number of hydrogen-bond donors (Lipinski definition) is 1. The van der Waals surface area contributed by atoms with Crippen molar-refractivity contribution in [3.63, 3.8) is 0 Å². The topological polar surface area (TPSA) is 52.3 Å². The minimum atomic E-state index is -0.478. The van der Waals surface area contributed by atoms with Gasteiger partial charge in [0.25, 0.3) is 0 Å². The smallest absolute Gasteiger partial charge is 0.314 e. The minimum Gasteiger partial charge on any atom is -0.469 e. The van der Waals surface area contributed by atoms with Crippen molar-refractivity contribution in [1.82, 2.24) is 0 Å². The Morgan fingerprint density at radius 2 is 2.13 bits per heavy atom. The first-order valence-corrected chi connectivity index (χ1v) is 4.60. The second-order valence-electron chi connectivity index (χ2n) is 2.83. The molecule has 0 heterocycles. The van der Waals surface area contributed by atoms with Crippen molar-refractivity contribution in [3.05, 3.63) is 34.9 Å². The Bertz CT molecular complexity index is 331. The first-order valence-electron chi connectivity index (χ1n) is 4.23. The van der Waals surface area contributed by atoms with Gasteiger partial charge in [0.05, 0.1) is 13.0 Å². The molecule has 1 aromatic carbocycles. The Labute approximate surface area is 100.0 Å². The molecule has 0 radical (unpaired) electrons. The molecule has 1 atom stereocenters. The van der Waals surface area contributed by atoms with Crippen molar-refractivity contribution < 1.29 is 9.53 Å². The third-order valence-electron chi connectivity index (χ3n) is 2.00. The van der Waals surface area contributed by atoms with Crippen LogP contribution in [0.25, 0.3) is 0 Å². The van der Waals surface area contributed by atoms with Crippen LogP contribution in [0, 0.1) is 0 Å². The number of ether oxygens (including phenoxy) is 1. The molecule has 84 valence electrons. The first kappa shape index (κ1) is 14.2. The monoisotopic (exact) mass is 249 g/mol. The van der Waals surface area contributed by atoms with E-state index < -0.39 is 5.92 Å². The number of hydrogen-bond acceptors (Lipinski definition) is 3. The average molecular weight is 250 g/mol. The summed E-state index contributed by atoms with van der Waals surface area (Å²) in [6.07, 6.45) is 0. The van der Waals surface area contributed by atoms with Gasteiger partial charge >= 0.3 is 5.97 Å². The summed E-state index contributed by atoms with van der Waals surface area (Å²) in [5, 5.41) is 0.536. The third-order valence-corrected chi connectivity index (χ3v) is 2.35. The predicted molar refractivity (Wildman–Crippen MR) is 62.5 cm³/mol. The van der Waals surface area contributed by atoms with Gasteiger partial charge in [0, 0.05) is 11.6 Å². The van der Waals surface area contributed by atoms with Gasteiger partial charge in [-0.1, -0.05) is 29.8 Å². The molecule has 5 heteroatoms. The molecule has 0 aliphatic rings. The molecule has 0 saturated carbocycles. The molecular weight excluding hydrogens is 237 g/mol. The van der Waals surface area contributed by atoms with E-state index in [0.717, 1.165) is 0 Å². The fraction of sp³-hybridized carbons (Fsp3) is 0.300. The summed E-state index contributed by atoms with van der Waals surface area (Å²) in [7, 11) is 1.34. The zero-order chi connectivity index (χ0) is 10.6. The van der Waals surface area contributed by atoms with Crippen LogP contribution in [0.3, 0.4) is 0 Å². The van der Waals surface area contributed by atoms with Gasteiger partial charge in [-0.05, 0) is 11.6 Å². The first-order chi connectivity index (χ1) is 6.70. The van der Waals surface area contributed by atoms with Crippen molar-refractivity contribution in [2.45, 2.75) is 5.92 Å². The second kappa shape index (κ2) is 6.67. The molecule has 1 aromatic rings. The van der Waals surface area contributed by atoms with E-state index in [0.29, 0.717) is 10.6 Å². The van der Waals surface area contributed by atoms with Crippen LogP contribution >= 0.6 is 24.0 Å². The minimum absolute atomic E-state index is 0. The van der Waals surface area contributed by atoms with Crippen LogP contribution in [0.4, 0.5) is 0 Å². The Kier molecular flexibility index (Phi) is 6.32. The van der Waals surface area contributed by atoms with Crippen molar-refractivity contribution >= 4 is 30.0 Å². The lowest BCUT2D eigenvalue weighted by Gasteiger charge is -2.13. The predicted octanol–water partition coefficient (Wildman–Crippen LogP) is 1.98. The van der Waals surface area contributed by atoms with Crippen LogP contribution < -0.4 is 5.73 Å². The molecule has 0 saturated heterocycles. The molecule has 1 rings (SSSR count). The highest BCUT2D eigenvalue weighted by molar-refractivity contribution is 6.31. The van der Waals surface area contributed by atoms with Gasteiger partial charge in [-0.15, -0.1) is 12.4 Å². The number of methoxy groups -OCH3 is 1. The van der Waals surface area contributed by atoms with E-state index in [1.54, 1.807) is 18.2 Å². The van der Waals surface area contributed by atoms with Gasteiger partial charge in [0.15, 0.2) is 0 Å². The zero-order valence-corrected chi connectivity index (χ0v) is 9.85. The lowest BCUT2D eigenvalue weighted by atomic mass is 9.99. The summed E-state index contributed by atoms with van der Waals surface area (Å²) < 4.78 is 4.64. The quantitative estimate of drug-likeness (QED) is 0.834. The maximum Gasteiger partial charge on any atom is 0.314 e. The molecule has 2 N–H and O–H groups in total. The third kappa shape index (κ3) is 3.38. The molecule has 0 bridgehead atoms. The fourth-order valence-electron chi connectivity index (χ4n) is 1.25. The Morgan fingerprint density at radius 3 is 2.60 bits per heavy atom. The van der Waals surface area contributed by atoms with Gasteiger partial charge in [0.2, 0.25) is 0 Å². The van der Waals surface area contributed by atoms with Crippen LogP contribution in [0.15, 0.2) is 24.3 Å². The maximum absolute atomic E-state index is 11.3. The zero-order valence-electron chi connectivity index (χ0n) is 8.27. The standard InChI is InChI=1S/C10H12ClNO2.ClH/c1-14-10(13)8(6-12)7-4-2-3-5-9(7)11;/h2-5,8H,6,12H2,1H3;1H. The average Bonchev–Trinajstić information content (AvgIpc) is 2.21. The Morgan fingerprint density at radius 1 is 1.53 bits per heavy atom. The van der Waals surface area contributed by atoms with Crippen LogP contribution in [-0.4, -0.2) is 19.6 Å².